The normalized spacial score (nSPS) is 8.25. The van der Waals surface area contributed by atoms with Gasteiger partial charge >= 0.3 is 0 Å². The van der Waals surface area contributed by atoms with E-state index in [1.807, 2.05) is 0 Å². The fraction of sp³-hybridized carbons (Fsp3) is 0.833. The smallest absolute Gasteiger partial charge is 0 e. The predicted octanol–water partition coefficient (Wildman–Crippen LogP) is 1.34. The van der Waals surface area contributed by atoms with Gasteiger partial charge in [0.25, 0.3) is 0 Å². The Bertz CT molecular complexity index is 27.7. The number of nitrogens with two attached hydrogens (primary N) is 1. The minimum Gasteiger partial charge on any atom is -0.343 e. The Morgan fingerprint density at radius 2 is 1.75 bits per heavy atom. The van der Waals surface area contributed by atoms with Crippen LogP contribution in [0.3, 0.4) is 0 Å². The molecule has 0 aliphatic rings. The second-order valence-corrected chi connectivity index (χ2v) is 1.70. The zero-order valence-electron chi connectivity index (χ0n) is 5.40. The van der Waals surface area contributed by atoms with Crippen LogP contribution in [0.1, 0.15) is 25.7 Å². The molecule has 0 unspecified atom stereocenters. The Balaban J connectivity index is 0. The minimum absolute atomic E-state index is 0. The van der Waals surface area contributed by atoms with Crippen LogP contribution >= 0.6 is 0 Å². The summed E-state index contributed by atoms with van der Waals surface area (Å²) in [5, 5.41) is 0. The van der Waals surface area contributed by atoms with Gasteiger partial charge in [0, 0.05) is 32.7 Å². The maximum absolute atomic E-state index is 5.25. The van der Waals surface area contributed by atoms with E-state index in [4.69, 9.17) is 5.73 Å². The van der Waals surface area contributed by atoms with E-state index < -0.39 is 0 Å². The molecule has 47 valence electrons. The Kier molecular flexibility index (Phi) is 16.2. The van der Waals surface area contributed by atoms with Crippen LogP contribution in [-0.4, -0.2) is 6.54 Å². The molecule has 0 heterocycles. The average Bonchev–Trinajstić information content (AvgIpc) is 1.69. The molecule has 0 fully saturated rings. The summed E-state index contributed by atoms with van der Waals surface area (Å²) in [6.45, 7) is 4.55. The van der Waals surface area contributed by atoms with Crippen LogP contribution in [0.15, 0.2) is 0 Å². The van der Waals surface area contributed by atoms with E-state index in [2.05, 4.69) is 6.92 Å². The van der Waals surface area contributed by atoms with Crippen LogP contribution in [0.2, 0.25) is 0 Å². The summed E-state index contributed by atoms with van der Waals surface area (Å²) in [5.74, 6) is 0. The molecular weight excluding hydrogens is 175 g/mol. The summed E-state index contributed by atoms with van der Waals surface area (Å²) in [7, 11) is 0. The zero-order valence-corrected chi connectivity index (χ0v) is 8.24. The van der Waals surface area contributed by atoms with Gasteiger partial charge in [-0.05, 0) is 13.0 Å². The Morgan fingerprint density at radius 1 is 1.12 bits per heavy atom. The van der Waals surface area contributed by atoms with Crippen LogP contribution in [0.4, 0.5) is 0 Å². The average molecular weight is 189 g/mol. The third-order valence-electron chi connectivity index (χ3n) is 0.954. The Hall–Kier alpha value is 1.06. The van der Waals surface area contributed by atoms with E-state index in [-0.39, 0.29) is 32.7 Å². The third-order valence-corrected chi connectivity index (χ3v) is 0.954. The monoisotopic (exact) mass is 189 g/mol. The van der Waals surface area contributed by atoms with E-state index in [9.17, 15) is 0 Å². The van der Waals surface area contributed by atoms with Crippen molar-refractivity contribution in [3.8, 4) is 0 Å². The second kappa shape index (κ2) is 10.9. The molecule has 1 radical (unpaired) electrons. The summed E-state index contributed by atoms with van der Waals surface area (Å²) in [5.41, 5.74) is 5.25. The van der Waals surface area contributed by atoms with Crippen LogP contribution in [0, 0.1) is 6.92 Å². The molecule has 0 saturated carbocycles. The maximum atomic E-state index is 5.25. The van der Waals surface area contributed by atoms with E-state index in [0.29, 0.717) is 0 Å². The predicted molar refractivity (Wildman–Crippen MR) is 32.9 cm³/mol. The number of hydrogen-bond acceptors (Lipinski definition) is 1. The zero-order chi connectivity index (χ0) is 5.54. The van der Waals surface area contributed by atoms with Gasteiger partial charge in [0.2, 0.25) is 0 Å². The van der Waals surface area contributed by atoms with Gasteiger partial charge in [0.05, 0.1) is 0 Å². The molecule has 0 aromatic heterocycles. The SMILES string of the molecule is [CH2-]CCCCCN.[Y]. The molecule has 2 N–H and O–H groups in total. The Morgan fingerprint density at radius 3 is 2.12 bits per heavy atom. The first-order valence-corrected chi connectivity index (χ1v) is 2.91. The summed E-state index contributed by atoms with van der Waals surface area (Å²) in [4.78, 5) is 0. The van der Waals surface area contributed by atoms with Crippen molar-refractivity contribution < 1.29 is 32.7 Å². The third kappa shape index (κ3) is 10.1. The molecule has 0 saturated heterocycles. The van der Waals surface area contributed by atoms with Crippen molar-refractivity contribution in [3.63, 3.8) is 0 Å². The largest absolute Gasteiger partial charge is 0.343 e. The standard InChI is InChI=1S/C6H14N.Y/c1-2-3-4-5-6-7;/h1-7H2;/q-1;. The second-order valence-electron chi connectivity index (χ2n) is 1.70. The van der Waals surface area contributed by atoms with Crippen molar-refractivity contribution in [1.82, 2.24) is 0 Å². The first-order valence-electron chi connectivity index (χ1n) is 2.91. The summed E-state index contributed by atoms with van der Waals surface area (Å²) in [6, 6.07) is 0. The molecule has 0 atom stereocenters. The van der Waals surface area contributed by atoms with Gasteiger partial charge in [-0.3, -0.25) is 0 Å². The van der Waals surface area contributed by atoms with Crippen LogP contribution < -0.4 is 5.73 Å². The molecule has 0 aromatic carbocycles. The van der Waals surface area contributed by atoms with Gasteiger partial charge in [0.15, 0.2) is 0 Å². The summed E-state index contributed by atoms with van der Waals surface area (Å²) in [6.07, 6.45) is 4.70. The quantitative estimate of drug-likeness (QED) is 0.524. The van der Waals surface area contributed by atoms with Crippen molar-refractivity contribution in [2.24, 2.45) is 5.73 Å². The van der Waals surface area contributed by atoms with E-state index in [1.165, 1.54) is 12.8 Å². The molecule has 0 bridgehead atoms. The molecule has 0 aliphatic heterocycles. The van der Waals surface area contributed by atoms with Crippen molar-refractivity contribution in [1.29, 1.82) is 0 Å². The molecule has 0 rings (SSSR count). The number of hydrogen-bond donors (Lipinski definition) is 1. The molecule has 2 heteroatoms. The van der Waals surface area contributed by atoms with Crippen molar-refractivity contribution >= 4 is 0 Å². The molecule has 0 spiro atoms. The van der Waals surface area contributed by atoms with Crippen LogP contribution in [0.25, 0.3) is 0 Å². The Labute approximate surface area is 77.3 Å². The fourth-order valence-electron chi connectivity index (χ4n) is 0.498. The summed E-state index contributed by atoms with van der Waals surface area (Å²) >= 11 is 0. The molecule has 0 amide bonds. The van der Waals surface area contributed by atoms with E-state index in [1.54, 1.807) is 0 Å². The summed E-state index contributed by atoms with van der Waals surface area (Å²) < 4.78 is 0. The van der Waals surface area contributed by atoms with Crippen LogP contribution in [-0.2, 0) is 32.7 Å². The molecular formula is C6H14NY-. The van der Waals surface area contributed by atoms with Crippen molar-refractivity contribution in [2.45, 2.75) is 25.7 Å². The molecule has 0 aromatic rings. The molecule has 0 aliphatic carbocycles. The number of unbranched alkanes of at least 4 members (excludes halogenated alkanes) is 3. The van der Waals surface area contributed by atoms with Gasteiger partial charge in [-0.25, -0.2) is 0 Å². The van der Waals surface area contributed by atoms with E-state index >= 15 is 0 Å². The molecule has 8 heavy (non-hydrogen) atoms. The van der Waals surface area contributed by atoms with Gasteiger partial charge in [-0.2, -0.15) is 6.42 Å². The first kappa shape index (κ1) is 11.8. The molecule has 1 nitrogen and oxygen atoms in total. The van der Waals surface area contributed by atoms with Crippen LogP contribution in [0.5, 0.6) is 0 Å². The number of rotatable bonds is 4. The fourth-order valence-corrected chi connectivity index (χ4v) is 0.498. The van der Waals surface area contributed by atoms with Gasteiger partial charge in [-0.1, -0.05) is 12.8 Å². The van der Waals surface area contributed by atoms with Gasteiger partial charge in [-0.15, -0.1) is 0 Å². The van der Waals surface area contributed by atoms with Gasteiger partial charge < -0.3 is 12.7 Å². The van der Waals surface area contributed by atoms with E-state index in [0.717, 1.165) is 19.4 Å². The maximum Gasteiger partial charge on any atom is 0 e. The first-order chi connectivity index (χ1) is 3.41. The topological polar surface area (TPSA) is 26.0 Å². The van der Waals surface area contributed by atoms with Crippen molar-refractivity contribution in [2.75, 3.05) is 6.54 Å². The van der Waals surface area contributed by atoms with Crippen molar-refractivity contribution in [3.05, 3.63) is 6.92 Å². The van der Waals surface area contributed by atoms with Gasteiger partial charge in [0.1, 0.15) is 0 Å². The minimum atomic E-state index is 0.